The fourth-order valence-electron chi connectivity index (χ4n) is 2.94. The van der Waals surface area contributed by atoms with Crippen molar-refractivity contribution < 1.29 is 9.59 Å². The third-order valence-corrected chi connectivity index (χ3v) is 4.30. The number of likely N-dealkylation sites (tertiary alicyclic amines) is 1. The largest absolute Gasteiger partial charge is 0.356 e. The van der Waals surface area contributed by atoms with Gasteiger partial charge in [0.05, 0.1) is 12.1 Å². The first-order valence-electron chi connectivity index (χ1n) is 8.22. The molecule has 1 saturated heterocycles. The minimum atomic E-state index is -0.161. The summed E-state index contributed by atoms with van der Waals surface area (Å²) in [7, 11) is 1.89. The lowest BCUT2D eigenvalue weighted by atomic mass is 10.0. The van der Waals surface area contributed by atoms with E-state index in [4.69, 9.17) is 5.73 Å². The number of nitrogens with zero attached hydrogens (tertiary/aromatic N) is 3. The van der Waals surface area contributed by atoms with Crippen LogP contribution < -0.4 is 11.1 Å². The van der Waals surface area contributed by atoms with E-state index < -0.39 is 0 Å². The monoisotopic (exact) mass is 321 g/mol. The number of carbonyl (C=O) groups excluding carboxylic acids is 2. The molecule has 0 radical (unpaired) electrons. The third kappa shape index (κ3) is 5.35. The van der Waals surface area contributed by atoms with Crippen LogP contribution in [0.25, 0.3) is 0 Å². The highest BCUT2D eigenvalue weighted by Crippen LogP contribution is 2.16. The van der Waals surface area contributed by atoms with Crippen molar-refractivity contribution in [2.45, 2.75) is 38.6 Å². The molecule has 2 atom stereocenters. The van der Waals surface area contributed by atoms with Crippen molar-refractivity contribution in [3.8, 4) is 0 Å². The molecule has 23 heavy (non-hydrogen) atoms. The quantitative estimate of drug-likeness (QED) is 0.750. The number of carbonyl (C=O) groups is 2. The normalized spacial score (nSPS) is 21.8. The molecule has 1 aliphatic heterocycles. The van der Waals surface area contributed by atoms with Gasteiger partial charge in [-0.05, 0) is 31.2 Å². The van der Waals surface area contributed by atoms with Crippen LogP contribution in [0.2, 0.25) is 0 Å². The van der Waals surface area contributed by atoms with Crippen molar-refractivity contribution >= 4 is 11.8 Å². The zero-order chi connectivity index (χ0) is 16.8. The van der Waals surface area contributed by atoms with Crippen molar-refractivity contribution in [3.63, 3.8) is 0 Å². The van der Waals surface area contributed by atoms with Gasteiger partial charge in [-0.3, -0.25) is 14.3 Å². The molecule has 0 aromatic carbocycles. The van der Waals surface area contributed by atoms with Crippen molar-refractivity contribution in [2.24, 2.45) is 18.7 Å². The molecule has 2 rings (SSSR count). The number of aromatic nitrogens is 2. The second-order valence-corrected chi connectivity index (χ2v) is 6.38. The van der Waals surface area contributed by atoms with E-state index in [1.807, 2.05) is 19.4 Å². The van der Waals surface area contributed by atoms with Gasteiger partial charge in [-0.1, -0.05) is 0 Å². The molecule has 0 spiro atoms. The summed E-state index contributed by atoms with van der Waals surface area (Å²) in [6, 6.07) is -0.0396. The summed E-state index contributed by atoms with van der Waals surface area (Å²) in [5, 5.41) is 7.11. The van der Waals surface area contributed by atoms with Gasteiger partial charge in [-0.25, -0.2) is 0 Å². The minimum absolute atomic E-state index is 0.0169. The summed E-state index contributed by atoms with van der Waals surface area (Å²) in [6.07, 6.45) is 7.11. The molecular weight excluding hydrogens is 294 g/mol. The smallest absolute Gasteiger partial charge is 0.224 e. The van der Waals surface area contributed by atoms with Crippen LogP contribution in [-0.2, 0) is 23.1 Å². The summed E-state index contributed by atoms with van der Waals surface area (Å²) in [4.78, 5) is 25.6. The van der Waals surface area contributed by atoms with E-state index in [9.17, 15) is 9.59 Å². The SMILES string of the molecule is CC(=O)N1C[C@@H](N)CC[C@@H](C(=O)NCCCc2cnn(C)c2)C1. The van der Waals surface area contributed by atoms with Crippen molar-refractivity contribution in [2.75, 3.05) is 19.6 Å². The van der Waals surface area contributed by atoms with Crippen LogP contribution in [0, 0.1) is 5.92 Å². The average molecular weight is 321 g/mol. The van der Waals surface area contributed by atoms with E-state index >= 15 is 0 Å². The Morgan fingerprint density at radius 1 is 1.39 bits per heavy atom. The van der Waals surface area contributed by atoms with Crippen LogP contribution >= 0.6 is 0 Å². The van der Waals surface area contributed by atoms with Crippen LogP contribution in [0.15, 0.2) is 12.4 Å². The van der Waals surface area contributed by atoms with Crippen LogP contribution in [0.5, 0.6) is 0 Å². The topological polar surface area (TPSA) is 93.2 Å². The Bertz CT molecular complexity index is 542. The van der Waals surface area contributed by atoms with E-state index in [-0.39, 0.29) is 23.8 Å². The number of nitrogens with two attached hydrogens (primary N) is 1. The predicted molar refractivity (Wildman–Crippen MR) is 87.5 cm³/mol. The number of rotatable bonds is 5. The summed E-state index contributed by atoms with van der Waals surface area (Å²) >= 11 is 0. The Hall–Kier alpha value is -1.89. The average Bonchev–Trinajstić information content (AvgIpc) is 2.80. The number of hydrogen-bond donors (Lipinski definition) is 2. The first-order chi connectivity index (χ1) is 11.0. The zero-order valence-corrected chi connectivity index (χ0v) is 14.0. The molecule has 7 heteroatoms. The Balaban J connectivity index is 1.76. The fraction of sp³-hybridized carbons (Fsp3) is 0.688. The maximum Gasteiger partial charge on any atom is 0.224 e. The second-order valence-electron chi connectivity index (χ2n) is 6.38. The summed E-state index contributed by atoms with van der Waals surface area (Å²) < 4.78 is 1.78. The first-order valence-corrected chi connectivity index (χ1v) is 8.22. The van der Waals surface area contributed by atoms with Gasteiger partial charge >= 0.3 is 0 Å². The van der Waals surface area contributed by atoms with Gasteiger partial charge < -0.3 is 16.0 Å². The summed E-state index contributed by atoms with van der Waals surface area (Å²) in [6.45, 7) is 3.18. The standard InChI is InChI=1S/C16H27N5O2/c1-12(22)21-10-14(5-6-15(17)11-21)16(23)18-7-3-4-13-8-19-20(2)9-13/h8-9,14-15H,3-7,10-11,17H2,1-2H3,(H,18,23)/t14-,15+/m1/s1. The Labute approximate surface area is 137 Å². The van der Waals surface area contributed by atoms with E-state index in [1.54, 1.807) is 9.58 Å². The minimum Gasteiger partial charge on any atom is -0.356 e. The molecule has 1 aromatic heterocycles. The highest BCUT2D eigenvalue weighted by atomic mass is 16.2. The first kappa shape index (κ1) is 17.5. The number of nitrogens with one attached hydrogen (secondary N) is 1. The second kappa shape index (κ2) is 8.10. The van der Waals surface area contributed by atoms with Crippen molar-refractivity contribution in [1.29, 1.82) is 0 Å². The van der Waals surface area contributed by atoms with Gasteiger partial charge in [0.1, 0.15) is 0 Å². The molecule has 0 aliphatic carbocycles. The van der Waals surface area contributed by atoms with E-state index in [1.165, 1.54) is 12.5 Å². The van der Waals surface area contributed by atoms with Crippen molar-refractivity contribution in [1.82, 2.24) is 20.0 Å². The Morgan fingerprint density at radius 3 is 2.83 bits per heavy atom. The van der Waals surface area contributed by atoms with E-state index in [2.05, 4.69) is 10.4 Å². The number of aryl methyl sites for hydroxylation is 2. The van der Waals surface area contributed by atoms with Gasteiger partial charge in [0, 0.05) is 45.8 Å². The van der Waals surface area contributed by atoms with Crippen molar-refractivity contribution in [3.05, 3.63) is 18.0 Å². The Kier molecular flexibility index (Phi) is 6.15. The third-order valence-electron chi connectivity index (χ3n) is 4.30. The molecule has 2 amide bonds. The van der Waals surface area contributed by atoms with Gasteiger partial charge in [0.25, 0.3) is 0 Å². The predicted octanol–water partition coefficient (Wildman–Crippen LogP) is 0.0547. The highest BCUT2D eigenvalue weighted by Gasteiger charge is 2.27. The van der Waals surface area contributed by atoms with Gasteiger partial charge in [-0.2, -0.15) is 5.10 Å². The molecule has 2 heterocycles. The maximum absolute atomic E-state index is 12.3. The molecule has 7 nitrogen and oxygen atoms in total. The van der Waals surface area contributed by atoms with E-state index in [0.29, 0.717) is 19.6 Å². The van der Waals surface area contributed by atoms with Gasteiger partial charge in [0.2, 0.25) is 11.8 Å². The van der Waals surface area contributed by atoms with Crippen LogP contribution in [0.4, 0.5) is 0 Å². The molecule has 1 aliphatic rings. The molecule has 0 unspecified atom stereocenters. The highest BCUT2D eigenvalue weighted by molar-refractivity contribution is 5.80. The lowest BCUT2D eigenvalue weighted by Crippen LogP contribution is -2.42. The molecule has 0 saturated carbocycles. The Morgan fingerprint density at radius 2 is 2.17 bits per heavy atom. The fourth-order valence-corrected chi connectivity index (χ4v) is 2.94. The lowest BCUT2D eigenvalue weighted by Gasteiger charge is -2.23. The zero-order valence-electron chi connectivity index (χ0n) is 14.0. The van der Waals surface area contributed by atoms with E-state index in [0.717, 1.165) is 25.7 Å². The number of hydrogen-bond acceptors (Lipinski definition) is 4. The lowest BCUT2D eigenvalue weighted by molar-refractivity contribution is -0.131. The van der Waals surface area contributed by atoms with Gasteiger partial charge in [-0.15, -0.1) is 0 Å². The van der Waals surface area contributed by atoms with Crippen LogP contribution in [0.3, 0.4) is 0 Å². The summed E-state index contributed by atoms with van der Waals surface area (Å²) in [5.74, 6) is -0.154. The molecule has 128 valence electrons. The molecular formula is C16H27N5O2. The van der Waals surface area contributed by atoms with Crippen LogP contribution in [0.1, 0.15) is 31.7 Å². The molecule has 3 N–H and O–H groups in total. The molecule has 0 bridgehead atoms. The maximum atomic E-state index is 12.3. The molecule has 1 aromatic rings. The van der Waals surface area contributed by atoms with Crippen LogP contribution in [-0.4, -0.2) is 52.2 Å². The number of amides is 2. The summed E-state index contributed by atoms with van der Waals surface area (Å²) in [5.41, 5.74) is 7.15. The molecule has 1 fully saturated rings. The van der Waals surface area contributed by atoms with Gasteiger partial charge in [0.15, 0.2) is 0 Å².